The number of amides is 1. The third-order valence-corrected chi connectivity index (χ3v) is 3.93. The Balaban J connectivity index is 2.01. The molecule has 1 aromatic rings. The standard InChI is InChI=1S/C18H27NO2/c1-5-14-8-10-15(11-9-14)16-7-6-12-19(13-16)17(20)21-18(2,3)4/h8-11,16H,5-7,12-13H2,1-4H3. The predicted octanol–water partition coefficient (Wildman–Crippen LogP) is 4.36. The molecule has 1 unspecified atom stereocenters. The molecule has 1 heterocycles. The van der Waals surface area contributed by atoms with E-state index in [9.17, 15) is 4.79 Å². The first kappa shape index (κ1) is 15.9. The second-order valence-corrected chi connectivity index (χ2v) is 6.86. The van der Waals surface area contributed by atoms with Gasteiger partial charge >= 0.3 is 6.09 Å². The predicted molar refractivity (Wildman–Crippen MR) is 85.6 cm³/mol. The summed E-state index contributed by atoms with van der Waals surface area (Å²) in [5.74, 6) is 0.428. The lowest BCUT2D eigenvalue weighted by Crippen LogP contribution is -2.42. The van der Waals surface area contributed by atoms with E-state index < -0.39 is 5.60 Å². The van der Waals surface area contributed by atoms with Crippen molar-refractivity contribution in [1.82, 2.24) is 4.90 Å². The quantitative estimate of drug-likeness (QED) is 0.809. The molecule has 0 bridgehead atoms. The molecule has 1 aliphatic heterocycles. The largest absolute Gasteiger partial charge is 0.444 e. The van der Waals surface area contributed by atoms with Crippen molar-refractivity contribution in [2.24, 2.45) is 0 Å². The molecule has 116 valence electrons. The summed E-state index contributed by atoms with van der Waals surface area (Å²) in [6.45, 7) is 9.47. The molecule has 2 rings (SSSR count). The second kappa shape index (κ2) is 6.50. The van der Waals surface area contributed by atoms with Gasteiger partial charge in [0.2, 0.25) is 0 Å². The zero-order chi connectivity index (χ0) is 15.5. The van der Waals surface area contributed by atoms with Crippen LogP contribution in [0.2, 0.25) is 0 Å². The molecule has 0 radical (unpaired) electrons. The minimum absolute atomic E-state index is 0.183. The summed E-state index contributed by atoms with van der Waals surface area (Å²) in [4.78, 5) is 14.0. The van der Waals surface area contributed by atoms with Gasteiger partial charge in [-0.15, -0.1) is 0 Å². The Hall–Kier alpha value is -1.51. The van der Waals surface area contributed by atoms with Crippen LogP contribution in [0.15, 0.2) is 24.3 Å². The van der Waals surface area contributed by atoms with Gasteiger partial charge in [0.1, 0.15) is 5.60 Å². The Morgan fingerprint density at radius 3 is 2.52 bits per heavy atom. The molecule has 1 fully saturated rings. The lowest BCUT2D eigenvalue weighted by molar-refractivity contribution is 0.0198. The highest BCUT2D eigenvalue weighted by Crippen LogP contribution is 2.28. The molecule has 1 atom stereocenters. The van der Waals surface area contributed by atoms with Crippen molar-refractivity contribution in [2.45, 2.75) is 58.5 Å². The summed E-state index contributed by atoms with van der Waals surface area (Å²) in [6.07, 6.45) is 3.07. The normalized spacial score (nSPS) is 19.4. The van der Waals surface area contributed by atoms with Crippen LogP contribution in [0.1, 0.15) is 57.6 Å². The maximum absolute atomic E-state index is 12.2. The summed E-state index contributed by atoms with van der Waals surface area (Å²) in [7, 11) is 0. The van der Waals surface area contributed by atoms with Crippen molar-refractivity contribution >= 4 is 6.09 Å². The number of likely N-dealkylation sites (tertiary alicyclic amines) is 1. The molecular weight excluding hydrogens is 262 g/mol. The third kappa shape index (κ3) is 4.48. The fraction of sp³-hybridized carbons (Fsp3) is 0.611. The lowest BCUT2D eigenvalue weighted by Gasteiger charge is -2.34. The van der Waals surface area contributed by atoms with E-state index in [2.05, 4.69) is 31.2 Å². The van der Waals surface area contributed by atoms with E-state index in [4.69, 9.17) is 4.74 Å². The minimum Gasteiger partial charge on any atom is -0.444 e. The highest BCUT2D eigenvalue weighted by molar-refractivity contribution is 5.68. The first-order valence-corrected chi connectivity index (χ1v) is 7.96. The van der Waals surface area contributed by atoms with E-state index in [1.165, 1.54) is 11.1 Å². The summed E-state index contributed by atoms with van der Waals surface area (Å²) in [5.41, 5.74) is 2.27. The van der Waals surface area contributed by atoms with Gasteiger partial charge in [-0.2, -0.15) is 0 Å². The number of carbonyl (C=O) groups excluding carboxylic acids is 1. The smallest absolute Gasteiger partial charge is 0.410 e. The van der Waals surface area contributed by atoms with E-state index in [0.717, 1.165) is 32.4 Å². The van der Waals surface area contributed by atoms with Gasteiger partial charge in [-0.25, -0.2) is 4.79 Å². The molecule has 3 nitrogen and oxygen atoms in total. The molecule has 21 heavy (non-hydrogen) atoms. The fourth-order valence-electron chi connectivity index (χ4n) is 2.77. The topological polar surface area (TPSA) is 29.5 Å². The van der Waals surface area contributed by atoms with Crippen molar-refractivity contribution < 1.29 is 9.53 Å². The van der Waals surface area contributed by atoms with Gasteiger partial charge in [-0.1, -0.05) is 31.2 Å². The average molecular weight is 289 g/mol. The fourth-order valence-corrected chi connectivity index (χ4v) is 2.77. The van der Waals surface area contributed by atoms with Gasteiger partial charge in [0, 0.05) is 19.0 Å². The number of piperidine rings is 1. The van der Waals surface area contributed by atoms with Crippen LogP contribution in [0, 0.1) is 0 Å². The van der Waals surface area contributed by atoms with Crippen molar-refractivity contribution in [3.05, 3.63) is 35.4 Å². The van der Waals surface area contributed by atoms with E-state index in [1.807, 2.05) is 25.7 Å². The molecule has 0 saturated carbocycles. The summed E-state index contributed by atoms with van der Waals surface area (Å²) in [5, 5.41) is 0. The molecule has 1 aromatic carbocycles. The van der Waals surface area contributed by atoms with Crippen LogP contribution in [0.3, 0.4) is 0 Å². The van der Waals surface area contributed by atoms with Crippen LogP contribution in [0.5, 0.6) is 0 Å². The SMILES string of the molecule is CCc1ccc(C2CCCN(C(=O)OC(C)(C)C)C2)cc1. The lowest BCUT2D eigenvalue weighted by atomic mass is 9.90. The third-order valence-electron chi connectivity index (χ3n) is 3.93. The molecule has 0 N–H and O–H groups in total. The number of hydrogen-bond acceptors (Lipinski definition) is 2. The maximum Gasteiger partial charge on any atom is 0.410 e. The first-order chi connectivity index (χ1) is 9.89. The number of hydrogen-bond donors (Lipinski definition) is 0. The number of nitrogens with zero attached hydrogens (tertiary/aromatic N) is 1. The van der Waals surface area contributed by atoms with Crippen molar-refractivity contribution in [2.75, 3.05) is 13.1 Å². The monoisotopic (exact) mass is 289 g/mol. The number of rotatable bonds is 2. The zero-order valence-electron chi connectivity index (χ0n) is 13.7. The highest BCUT2D eigenvalue weighted by atomic mass is 16.6. The Morgan fingerprint density at radius 1 is 1.29 bits per heavy atom. The van der Waals surface area contributed by atoms with Crippen molar-refractivity contribution in [1.29, 1.82) is 0 Å². The zero-order valence-corrected chi connectivity index (χ0v) is 13.7. The molecule has 0 aliphatic carbocycles. The average Bonchev–Trinajstić information content (AvgIpc) is 2.46. The number of carbonyl (C=O) groups is 1. The van der Waals surface area contributed by atoms with Crippen molar-refractivity contribution in [3.8, 4) is 0 Å². The molecule has 3 heteroatoms. The summed E-state index contributed by atoms with van der Waals surface area (Å²) < 4.78 is 5.48. The number of benzene rings is 1. The van der Waals surface area contributed by atoms with E-state index >= 15 is 0 Å². The second-order valence-electron chi connectivity index (χ2n) is 6.86. The van der Waals surface area contributed by atoms with E-state index in [-0.39, 0.29) is 6.09 Å². The van der Waals surface area contributed by atoms with Crippen LogP contribution in [0.4, 0.5) is 4.79 Å². The van der Waals surface area contributed by atoms with Gasteiger partial charge in [0.25, 0.3) is 0 Å². The maximum atomic E-state index is 12.2. The molecule has 0 spiro atoms. The van der Waals surface area contributed by atoms with Gasteiger partial charge in [-0.3, -0.25) is 0 Å². The van der Waals surface area contributed by atoms with Gasteiger partial charge in [0.15, 0.2) is 0 Å². The summed E-state index contributed by atoms with van der Waals surface area (Å²) >= 11 is 0. The Bertz CT molecular complexity index is 473. The van der Waals surface area contributed by atoms with Crippen LogP contribution < -0.4 is 0 Å². The van der Waals surface area contributed by atoms with Crippen LogP contribution in [-0.2, 0) is 11.2 Å². The Morgan fingerprint density at radius 2 is 1.95 bits per heavy atom. The van der Waals surface area contributed by atoms with Gasteiger partial charge in [0.05, 0.1) is 0 Å². The molecule has 1 aliphatic rings. The van der Waals surface area contributed by atoms with E-state index in [1.54, 1.807) is 0 Å². The highest BCUT2D eigenvalue weighted by Gasteiger charge is 2.28. The minimum atomic E-state index is -0.424. The summed E-state index contributed by atoms with van der Waals surface area (Å²) in [6, 6.07) is 8.81. The van der Waals surface area contributed by atoms with Gasteiger partial charge < -0.3 is 9.64 Å². The van der Waals surface area contributed by atoms with Crippen molar-refractivity contribution in [3.63, 3.8) is 0 Å². The van der Waals surface area contributed by atoms with Crippen LogP contribution in [-0.4, -0.2) is 29.7 Å². The van der Waals surface area contributed by atoms with Gasteiger partial charge in [-0.05, 0) is 51.2 Å². The van der Waals surface area contributed by atoms with Crippen LogP contribution in [0.25, 0.3) is 0 Å². The Kier molecular flexibility index (Phi) is 4.92. The Labute approximate surface area is 128 Å². The molecule has 1 amide bonds. The van der Waals surface area contributed by atoms with Crippen LogP contribution >= 0.6 is 0 Å². The number of aryl methyl sites for hydroxylation is 1. The molecule has 0 aromatic heterocycles. The van der Waals surface area contributed by atoms with E-state index in [0.29, 0.717) is 5.92 Å². The molecular formula is C18H27NO2. The number of ether oxygens (including phenoxy) is 1. The first-order valence-electron chi connectivity index (χ1n) is 7.96. The molecule has 1 saturated heterocycles.